The molecule has 0 unspecified atom stereocenters. The van der Waals surface area contributed by atoms with E-state index in [4.69, 9.17) is 0 Å². The third-order valence-corrected chi connectivity index (χ3v) is 4.20. The second-order valence-corrected chi connectivity index (χ2v) is 6.03. The van der Waals surface area contributed by atoms with Crippen LogP contribution in [0.15, 0.2) is 36.8 Å². The number of pyridine rings is 1. The minimum atomic E-state index is 0.951. The van der Waals surface area contributed by atoms with Gasteiger partial charge in [-0.2, -0.15) is 0 Å². The van der Waals surface area contributed by atoms with Crippen molar-refractivity contribution < 1.29 is 0 Å². The van der Waals surface area contributed by atoms with Gasteiger partial charge in [-0.15, -0.1) is 0 Å². The molecule has 0 saturated carbocycles. The van der Waals surface area contributed by atoms with Gasteiger partial charge < -0.3 is 9.80 Å². The molecule has 2 aromatic heterocycles. The summed E-state index contributed by atoms with van der Waals surface area (Å²) in [6.45, 7) is 5.21. The van der Waals surface area contributed by atoms with Crippen LogP contribution in [0.5, 0.6) is 0 Å². The van der Waals surface area contributed by atoms with Crippen LogP contribution in [0.4, 0.5) is 11.6 Å². The lowest BCUT2D eigenvalue weighted by Crippen LogP contribution is -2.47. The molecule has 2 aromatic rings. The third kappa shape index (κ3) is 4.16. The Morgan fingerprint density at radius 2 is 1.87 bits per heavy atom. The summed E-state index contributed by atoms with van der Waals surface area (Å²) in [5.41, 5.74) is 1.17. The second kappa shape index (κ2) is 7.37. The fraction of sp³-hybridized carbons (Fsp3) is 0.471. The van der Waals surface area contributed by atoms with Crippen molar-refractivity contribution in [2.75, 3.05) is 56.6 Å². The first-order valence-corrected chi connectivity index (χ1v) is 8.09. The summed E-state index contributed by atoms with van der Waals surface area (Å²) in [7, 11) is 4.00. The highest BCUT2D eigenvalue weighted by Crippen LogP contribution is 2.17. The first kappa shape index (κ1) is 15.7. The van der Waals surface area contributed by atoms with Crippen LogP contribution in [0.25, 0.3) is 0 Å². The molecule has 0 N–H and O–H groups in total. The van der Waals surface area contributed by atoms with Gasteiger partial charge in [-0.05, 0) is 12.1 Å². The first-order chi connectivity index (χ1) is 11.2. The van der Waals surface area contributed by atoms with Gasteiger partial charge in [0, 0.05) is 71.2 Å². The van der Waals surface area contributed by atoms with E-state index in [1.54, 1.807) is 6.33 Å². The Hall–Kier alpha value is -2.21. The molecule has 1 aliphatic rings. The zero-order valence-electron chi connectivity index (χ0n) is 13.9. The Balaban J connectivity index is 1.51. The average Bonchev–Trinajstić information content (AvgIpc) is 2.61. The predicted octanol–water partition coefficient (Wildman–Crippen LogP) is 1.30. The summed E-state index contributed by atoms with van der Waals surface area (Å²) < 4.78 is 0. The van der Waals surface area contributed by atoms with Crippen molar-refractivity contribution in [3.8, 4) is 0 Å². The number of hydrogen-bond acceptors (Lipinski definition) is 6. The van der Waals surface area contributed by atoms with Crippen LogP contribution in [0, 0.1) is 0 Å². The van der Waals surface area contributed by atoms with E-state index >= 15 is 0 Å². The molecule has 3 heterocycles. The number of rotatable bonds is 5. The molecule has 122 valence electrons. The Bertz CT molecular complexity index is 607. The minimum absolute atomic E-state index is 0.951. The van der Waals surface area contributed by atoms with Crippen LogP contribution in [0.3, 0.4) is 0 Å². The molecule has 6 heteroatoms. The normalized spacial score (nSPS) is 15.7. The maximum absolute atomic E-state index is 4.42. The Morgan fingerprint density at radius 3 is 2.57 bits per heavy atom. The number of nitrogens with zero attached hydrogens (tertiary/aromatic N) is 6. The van der Waals surface area contributed by atoms with Crippen LogP contribution in [-0.2, 0) is 6.42 Å². The molecule has 0 aliphatic carbocycles. The van der Waals surface area contributed by atoms with Crippen molar-refractivity contribution in [2.24, 2.45) is 0 Å². The molecule has 23 heavy (non-hydrogen) atoms. The van der Waals surface area contributed by atoms with E-state index in [-0.39, 0.29) is 0 Å². The minimum Gasteiger partial charge on any atom is -0.363 e. The zero-order chi connectivity index (χ0) is 16.1. The van der Waals surface area contributed by atoms with Crippen molar-refractivity contribution in [1.29, 1.82) is 0 Å². The maximum Gasteiger partial charge on any atom is 0.134 e. The largest absolute Gasteiger partial charge is 0.363 e. The molecular weight excluding hydrogens is 288 g/mol. The average molecular weight is 312 g/mol. The lowest BCUT2D eigenvalue weighted by Gasteiger charge is -2.35. The summed E-state index contributed by atoms with van der Waals surface area (Å²) in [4.78, 5) is 19.9. The monoisotopic (exact) mass is 312 g/mol. The van der Waals surface area contributed by atoms with Gasteiger partial charge in [0.25, 0.3) is 0 Å². The van der Waals surface area contributed by atoms with E-state index in [2.05, 4.69) is 43.0 Å². The molecule has 6 nitrogen and oxygen atoms in total. The maximum atomic E-state index is 4.42. The molecule has 0 aromatic carbocycles. The molecule has 1 fully saturated rings. The van der Waals surface area contributed by atoms with E-state index in [1.807, 2.05) is 31.3 Å². The Morgan fingerprint density at radius 1 is 1.04 bits per heavy atom. The number of piperazine rings is 1. The number of aromatic nitrogens is 3. The summed E-state index contributed by atoms with van der Waals surface area (Å²) in [5.74, 6) is 1.97. The van der Waals surface area contributed by atoms with Crippen LogP contribution < -0.4 is 9.80 Å². The fourth-order valence-corrected chi connectivity index (χ4v) is 2.77. The van der Waals surface area contributed by atoms with Gasteiger partial charge in [-0.1, -0.05) is 6.07 Å². The van der Waals surface area contributed by atoms with E-state index in [1.165, 1.54) is 5.69 Å². The van der Waals surface area contributed by atoms with Crippen LogP contribution in [-0.4, -0.2) is 66.7 Å². The van der Waals surface area contributed by atoms with Gasteiger partial charge in [0.05, 0.1) is 0 Å². The third-order valence-electron chi connectivity index (χ3n) is 4.20. The second-order valence-electron chi connectivity index (χ2n) is 6.03. The molecule has 0 radical (unpaired) electrons. The molecule has 0 amide bonds. The summed E-state index contributed by atoms with van der Waals surface area (Å²) in [6.07, 6.45) is 4.53. The quantitative estimate of drug-likeness (QED) is 0.829. The first-order valence-electron chi connectivity index (χ1n) is 8.09. The molecular formula is C17H24N6. The van der Waals surface area contributed by atoms with E-state index in [9.17, 15) is 0 Å². The molecule has 1 aliphatic heterocycles. The SMILES string of the molecule is CN(C)c1cc(N2CCN(CCc3ccccn3)CC2)ncn1. The van der Waals surface area contributed by atoms with Crippen molar-refractivity contribution in [1.82, 2.24) is 19.9 Å². The van der Waals surface area contributed by atoms with Gasteiger partial charge in [0.2, 0.25) is 0 Å². The summed E-state index contributed by atoms with van der Waals surface area (Å²) in [5, 5.41) is 0. The van der Waals surface area contributed by atoms with Crippen molar-refractivity contribution in [2.45, 2.75) is 6.42 Å². The highest BCUT2D eigenvalue weighted by molar-refractivity contribution is 5.49. The van der Waals surface area contributed by atoms with Gasteiger partial charge in [-0.3, -0.25) is 9.88 Å². The predicted molar refractivity (Wildman–Crippen MR) is 93.0 cm³/mol. The van der Waals surface area contributed by atoms with Gasteiger partial charge in [0.15, 0.2) is 0 Å². The van der Waals surface area contributed by atoms with E-state index in [0.717, 1.165) is 50.8 Å². The highest BCUT2D eigenvalue weighted by atomic mass is 15.3. The van der Waals surface area contributed by atoms with Gasteiger partial charge in [0.1, 0.15) is 18.0 Å². The zero-order valence-corrected chi connectivity index (χ0v) is 13.9. The molecule has 3 rings (SSSR count). The van der Waals surface area contributed by atoms with Gasteiger partial charge in [-0.25, -0.2) is 9.97 Å². The standard InChI is InChI=1S/C17H24N6/c1-21(2)16-13-17(20-14-19-16)23-11-9-22(10-12-23)8-6-15-5-3-4-7-18-15/h3-5,7,13-14H,6,8-12H2,1-2H3. The van der Waals surface area contributed by atoms with Crippen molar-refractivity contribution in [3.63, 3.8) is 0 Å². The number of hydrogen-bond donors (Lipinski definition) is 0. The van der Waals surface area contributed by atoms with Gasteiger partial charge >= 0.3 is 0 Å². The van der Waals surface area contributed by atoms with Crippen molar-refractivity contribution in [3.05, 3.63) is 42.5 Å². The molecule has 0 bridgehead atoms. The van der Waals surface area contributed by atoms with E-state index in [0.29, 0.717) is 0 Å². The highest BCUT2D eigenvalue weighted by Gasteiger charge is 2.18. The van der Waals surface area contributed by atoms with E-state index < -0.39 is 0 Å². The summed E-state index contributed by atoms with van der Waals surface area (Å²) in [6, 6.07) is 8.17. The Labute approximate surface area is 137 Å². The molecule has 0 spiro atoms. The lowest BCUT2D eigenvalue weighted by atomic mass is 10.2. The summed E-state index contributed by atoms with van der Waals surface area (Å²) >= 11 is 0. The fourth-order valence-electron chi connectivity index (χ4n) is 2.77. The van der Waals surface area contributed by atoms with Crippen molar-refractivity contribution >= 4 is 11.6 Å². The topological polar surface area (TPSA) is 48.4 Å². The van der Waals surface area contributed by atoms with Crippen LogP contribution in [0.2, 0.25) is 0 Å². The number of anilines is 2. The Kier molecular flexibility index (Phi) is 5.02. The van der Waals surface area contributed by atoms with Crippen LogP contribution in [0.1, 0.15) is 5.69 Å². The molecule has 1 saturated heterocycles. The smallest absolute Gasteiger partial charge is 0.134 e. The lowest BCUT2D eigenvalue weighted by molar-refractivity contribution is 0.259. The van der Waals surface area contributed by atoms with Crippen LogP contribution >= 0.6 is 0 Å². The molecule has 0 atom stereocenters.